The number of carbonyl (C=O) groups is 2. The number of amides is 3. The van der Waals surface area contributed by atoms with Gasteiger partial charge in [0, 0.05) is 39.9 Å². The Morgan fingerprint density at radius 2 is 1.95 bits per heavy atom. The van der Waals surface area contributed by atoms with Gasteiger partial charge in [-0.1, -0.05) is 0 Å². The highest BCUT2D eigenvalue weighted by Crippen LogP contribution is 2.12. The van der Waals surface area contributed by atoms with Gasteiger partial charge in [0.25, 0.3) is 5.91 Å². The highest BCUT2D eigenvalue weighted by Gasteiger charge is 2.10. The first-order chi connectivity index (χ1) is 9.56. The van der Waals surface area contributed by atoms with Gasteiger partial charge in [0.2, 0.25) is 0 Å². The molecule has 1 heterocycles. The van der Waals surface area contributed by atoms with Crippen molar-refractivity contribution in [3.05, 3.63) is 24.0 Å². The molecule has 0 fully saturated rings. The van der Waals surface area contributed by atoms with Gasteiger partial charge in [0.05, 0.1) is 17.4 Å². The molecule has 0 saturated carbocycles. The van der Waals surface area contributed by atoms with Gasteiger partial charge < -0.3 is 20.9 Å². The third kappa shape index (κ3) is 4.75. The van der Waals surface area contributed by atoms with Crippen LogP contribution in [0.1, 0.15) is 17.3 Å². The average molecular weight is 279 g/mol. The van der Waals surface area contributed by atoms with Crippen molar-refractivity contribution in [3.63, 3.8) is 0 Å². The van der Waals surface area contributed by atoms with E-state index in [0.717, 1.165) is 0 Å². The van der Waals surface area contributed by atoms with E-state index in [4.69, 9.17) is 0 Å². The summed E-state index contributed by atoms with van der Waals surface area (Å²) < 4.78 is 0. The maximum atomic E-state index is 12.0. The van der Waals surface area contributed by atoms with Crippen LogP contribution in [0.15, 0.2) is 18.5 Å². The third-order valence-electron chi connectivity index (χ3n) is 2.53. The van der Waals surface area contributed by atoms with Crippen LogP contribution in [0.2, 0.25) is 0 Å². The van der Waals surface area contributed by atoms with Crippen molar-refractivity contribution < 1.29 is 9.59 Å². The van der Waals surface area contributed by atoms with E-state index in [1.165, 1.54) is 4.90 Å². The van der Waals surface area contributed by atoms with Gasteiger partial charge >= 0.3 is 6.03 Å². The van der Waals surface area contributed by atoms with Crippen LogP contribution in [0.3, 0.4) is 0 Å². The number of anilines is 1. The normalized spacial score (nSPS) is 9.75. The lowest BCUT2D eigenvalue weighted by Gasteiger charge is -2.13. The minimum absolute atomic E-state index is 0.184. The lowest BCUT2D eigenvalue weighted by Crippen LogP contribution is -2.39. The molecule has 1 aromatic heterocycles. The Bertz CT molecular complexity index is 462. The third-order valence-corrected chi connectivity index (χ3v) is 2.53. The van der Waals surface area contributed by atoms with Gasteiger partial charge in [-0.3, -0.25) is 9.78 Å². The molecule has 0 aliphatic rings. The summed E-state index contributed by atoms with van der Waals surface area (Å²) in [6.45, 7) is 3.41. The summed E-state index contributed by atoms with van der Waals surface area (Å²) in [6, 6.07) is 1.47. The van der Waals surface area contributed by atoms with Crippen molar-refractivity contribution in [2.45, 2.75) is 6.92 Å². The number of hydrogen-bond donors (Lipinski definition) is 3. The predicted octanol–water partition coefficient (Wildman–Crippen LogP) is 0.514. The first-order valence-electron chi connectivity index (χ1n) is 6.47. The van der Waals surface area contributed by atoms with E-state index in [1.54, 1.807) is 32.6 Å². The van der Waals surface area contributed by atoms with E-state index in [1.807, 2.05) is 6.92 Å². The first-order valence-corrected chi connectivity index (χ1v) is 6.47. The molecule has 0 spiro atoms. The molecule has 0 radical (unpaired) electrons. The summed E-state index contributed by atoms with van der Waals surface area (Å²) in [6.07, 6.45) is 3.19. The second-order valence-corrected chi connectivity index (χ2v) is 4.33. The van der Waals surface area contributed by atoms with Crippen LogP contribution in [0.4, 0.5) is 10.5 Å². The predicted molar refractivity (Wildman–Crippen MR) is 77.8 cm³/mol. The van der Waals surface area contributed by atoms with Crippen molar-refractivity contribution in [1.82, 2.24) is 20.5 Å². The quantitative estimate of drug-likeness (QED) is 0.662. The van der Waals surface area contributed by atoms with Gasteiger partial charge in [-0.25, -0.2) is 4.79 Å². The Morgan fingerprint density at radius 3 is 2.60 bits per heavy atom. The van der Waals surface area contributed by atoms with Crippen LogP contribution in [0.25, 0.3) is 0 Å². The SMILES string of the molecule is CCNc1cnccc1C(=O)NCCNC(=O)N(C)C. The largest absolute Gasteiger partial charge is 0.383 e. The van der Waals surface area contributed by atoms with Crippen LogP contribution in [-0.2, 0) is 0 Å². The molecule has 0 aliphatic carbocycles. The fourth-order valence-corrected chi connectivity index (χ4v) is 1.52. The van der Waals surface area contributed by atoms with Gasteiger partial charge in [-0.15, -0.1) is 0 Å². The number of urea groups is 1. The standard InChI is InChI=1S/C13H21N5O2/c1-4-15-11-9-14-6-5-10(11)12(19)16-7-8-17-13(20)18(2)3/h5-6,9,15H,4,7-8H2,1-3H3,(H,16,19)(H,17,20). The molecule has 0 aromatic carbocycles. The molecular weight excluding hydrogens is 258 g/mol. The summed E-state index contributed by atoms with van der Waals surface area (Å²) in [5, 5.41) is 8.51. The Kier molecular flexibility index (Phi) is 6.28. The Morgan fingerprint density at radius 1 is 1.25 bits per heavy atom. The summed E-state index contributed by atoms with van der Waals surface area (Å²) >= 11 is 0. The number of nitrogens with zero attached hydrogens (tertiary/aromatic N) is 2. The highest BCUT2D eigenvalue weighted by molar-refractivity contribution is 5.99. The van der Waals surface area contributed by atoms with Crippen molar-refractivity contribution >= 4 is 17.6 Å². The zero-order valence-corrected chi connectivity index (χ0v) is 12.1. The van der Waals surface area contributed by atoms with Gasteiger partial charge in [0.15, 0.2) is 0 Å². The molecule has 0 unspecified atom stereocenters. The van der Waals surface area contributed by atoms with Crippen molar-refractivity contribution in [1.29, 1.82) is 0 Å². The van der Waals surface area contributed by atoms with Crippen molar-refractivity contribution in [2.75, 3.05) is 39.0 Å². The van der Waals surface area contributed by atoms with Crippen molar-refractivity contribution in [2.24, 2.45) is 0 Å². The topological polar surface area (TPSA) is 86.4 Å². The van der Waals surface area contributed by atoms with E-state index in [2.05, 4.69) is 20.9 Å². The summed E-state index contributed by atoms with van der Waals surface area (Å²) in [7, 11) is 3.32. The zero-order valence-electron chi connectivity index (χ0n) is 12.1. The first kappa shape index (κ1) is 15.7. The molecular formula is C13H21N5O2. The zero-order chi connectivity index (χ0) is 15.0. The maximum absolute atomic E-state index is 12.0. The van der Waals surface area contributed by atoms with Gasteiger partial charge in [-0.05, 0) is 13.0 Å². The highest BCUT2D eigenvalue weighted by atomic mass is 16.2. The second kappa shape index (κ2) is 7.98. The molecule has 1 rings (SSSR count). The molecule has 110 valence electrons. The number of pyridine rings is 1. The summed E-state index contributed by atoms with van der Waals surface area (Å²) in [5.74, 6) is -0.192. The smallest absolute Gasteiger partial charge is 0.316 e. The van der Waals surface area contributed by atoms with Crippen LogP contribution < -0.4 is 16.0 Å². The minimum Gasteiger partial charge on any atom is -0.383 e. The van der Waals surface area contributed by atoms with Crippen LogP contribution in [0.5, 0.6) is 0 Å². The maximum Gasteiger partial charge on any atom is 0.316 e. The number of carbonyl (C=O) groups excluding carboxylic acids is 2. The van der Waals surface area contributed by atoms with E-state index in [9.17, 15) is 9.59 Å². The molecule has 1 aromatic rings. The molecule has 3 amide bonds. The lowest BCUT2D eigenvalue weighted by atomic mass is 10.2. The molecule has 0 bridgehead atoms. The van der Waals surface area contributed by atoms with Crippen LogP contribution in [0, 0.1) is 0 Å². The van der Waals surface area contributed by atoms with E-state index >= 15 is 0 Å². The van der Waals surface area contributed by atoms with Gasteiger partial charge in [-0.2, -0.15) is 0 Å². The monoisotopic (exact) mass is 279 g/mol. The Balaban J connectivity index is 2.45. The lowest BCUT2D eigenvalue weighted by molar-refractivity contribution is 0.0954. The molecule has 3 N–H and O–H groups in total. The average Bonchev–Trinajstić information content (AvgIpc) is 2.44. The number of rotatable bonds is 6. The molecule has 20 heavy (non-hydrogen) atoms. The molecule has 0 aliphatic heterocycles. The second-order valence-electron chi connectivity index (χ2n) is 4.33. The molecule has 7 nitrogen and oxygen atoms in total. The summed E-state index contributed by atoms with van der Waals surface area (Å²) in [5.41, 5.74) is 1.24. The Hall–Kier alpha value is -2.31. The minimum atomic E-state index is -0.192. The number of hydrogen-bond acceptors (Lipinski definition) is 4. The van der Waals surface area contributed by atoms with E-state index in [0.29, 0.717) is 30.9 Å². The number of aromatic nitrogens is 1. The number of nitrogens with one attached hydrogen (secondary N) is 3. The summed E-state index contributed by atoms with van der Waals surface area (Å²) in [4.78, 5) is 28.7. The van der Waals surface area contributed by atoms with Gasteiger partial charge in [0.1, 0.15) is 0 Å². The van der Waals surface area contributed by atoms with Crippen LogP contribution >= 0.6 is 0 Å². The van der Waals surface area contributed by atoms with Crippen molar-refractivity contribution in [3.8, 4) is 0 Å². The fraction of sp³-hybridized carbons (Fsp3) is 0.462. The fourth-order valence-electron chi connectivity index (χ4n) is 1.52. The Labute approximate surface area is 118 Å². The molecule has 0 atom stereocenters. The van der Waals surface area contributed by atoms with E-state index in [-0.39, 0.29) is 11.9 Å². The van der Waals surface area contributed by atoms with Crippen LogP contribution in [-0.4, -0.2) is 55.6 Å². The van der Waals surface area contributed by atoms with E-state index < -0.39 is 0 Å². The molecule has 7 heteroatoms. The molecule has 0 saturated heterocycles.